The zero-order valence-corrected chi connectivity index (χ0v) is 31.4. The summed E-state index contributed by atoms with van der Waals surface area (Å²) in [5.41, 5.74) is 5.05. The normalized spacial score (nSPS) is 20.7. The minimum atomic E-state index is -1.03. The summed E-state index contributed by atoms with van der Waals surface area (Å²) in [4.78, 5) is 57.8. The number of likely N-dealkylation sites (tertiary alicyclic amines) is 1. The Kier molecular flexibility index (Phi) is 16.9. The second kappa shape index (κ2) is 19.5. The molecule has 0 aromatic carbocycles. The van der Waals surface area contributed by atoms with Crippen molar-refractivity contribution < 1.29 is 28.7 Å². The number of carbonyl (C=O) groups excluding carboxylic acids is 4. The first-order chi connectivity index (χ1) is 22.6. The molecule has 1 fully saturated rings. The Labute approximate surface area is 290 Å². The topological polar surface area (TPSA) is 119 Å². The van der Waals surface area contributed by atoms with E-state index in [4.69, 9.17) is 15.2 Å². The predicted molar refractivity (Wildman–Crippen MR) is 192 cm³/mol. The minimum absolute atomic E-state index is 0.0325. The molecule has 9 nitrogen and oxygen atoms in total. The van der Waals surface area contributed by atoms with Crippen LogP contribution in [0, 0.1) is 29.6 Å². The Morgan fingerprint density at radius 3 is 2.12 bits per heavy atom. The molecule has 0 unspecified atom stereocenters. The van der Waals surface area contributed by atoms with Crippen LogP contribution in [-0.2, 0) is 28.7 Å². The largest absolute Gasteiger partial charge is 0.379 e. The molecule has 1 heterocycles. The summed E-state index contributed by atoms with van der Waals surface area (Å²) >= 11 is 0. The van der Waals surface area contributed by atoms with Gasteiger partial charge in [-0.05, 0) is 57.3 Å². The van der Waals surface area contributed by atoms with Gasteiger partial charge in [-0.3, -0.25) is 19.2 Å². The first-order valence-corrected chi connectivity index (χ1v) is 18.1. The highest BCUT2D eigenvalue weighted by atomic mass is 16.5. The first kappa shape index (κ1) is 41.6. The quantitative estimate of drug-likeness (QED) is 0.171. The molecule has 9 heteroatoms. The maximum atomic E-state index is 14.0. The number of nitrogens with zero attached hydrogens (tertiary/aromatic N) is 2. The fourth-order valence-electron chi connectivity index (χ4n) is 7.21. The van der Waals surface area contributed by atoms with Crippen molar-refractivity contribution in [2.75, 3.05) is 27.8 Å². The summed E-state index contributed by atoms with van der Waals surface area (Å²) in [6, 6.07) is -0.595. The number of rotatable bonds is 20. The summed E-state index contributed by atoms with van der Waals surface area (Å²) in [6.45, 7) is 13.9. The standard InChI is InChI=1S/C39H65N3O6/c1-11-27(4)36(41(8)38(46)30(26(2)3)24-34(44)39(6,7)40)33(47-9)25-35(45)42-23-17-21-31(42)37(48-10)28(5)32(43)22-16-20-29-18-14-12-13-15-19-29/h12-15,18-19,26-31,33,36-37H,11,16-17,20-25,40H2,1-10H3/t27-,28-,30-,31-,33+,36-,37+/m0/s1. The van der Waals surface area contributed by atoms with Crippen molar-refractivity contribution in [2.45, 2.75) is 130 Å². The van der Waals surface area contributed by atoms with Crippen LogP contribution in [0.1, 0.15) is 99.8 Å². The van der Waals surface area contributed by atoms with Gasteiger partial charge in [0.25, 0.3) is 0 Å². The number of carbonyl (C=O) groups is 4. The van der Waals surface area contributed by atoms with E-state index in [-0.39, 0.29) is 66.1 Å². The molecule has 0 spiro atoms. The van der Waals surface area contributed by atoms with Crippen LogP contribution < -0.4 is 5.73 Å². The van der Waals surface area contributed by atoms with E-state index in [9.17, 15) is 19.2 Å². The molecule has 7 atom stereocenters. The van der Waals surface area contributed by atoms with Crippen molar-refractivity contribution >= 4 is 23.4 Å². The van der Waals surface area contributed by atoms with Crippen molar-refractivity contribution in [3.05, 3.63) is 36.5 Å². The third kappa shape index (κ3) is 11.5. The molecular weight excluding hydrogens is 606 g/mol. The number of amides is 2. The van der Waals surface area contributed by atoms with Crippen molar-refractivity contribution in [1.82, 2.24) is 9.80 Å². The van der Waals surface area contributed by atoms with E-state index in [2.05, 4.69) is 26.0 Å². The lowest BCUT2D eigenvalue weighted by Gasteiger charge is -2.41. The van der Waals surface area contributed by atoms with Crippen LogP contribution in [0.3, 0.4) is 0 Å². The van der Waals surface area contributed by atoms with Gasteiger partial charge in [-0.1, -0.05) is 77.5 Å². The van der Waals surface area contributed by atoms with Gasteiger partial charge in [0.15, 0.2) is 5.78 Å². The molecule has 1 saturated heterocycles. The average Bonchev–Trinajstić information content (AvgIpc) is 3.38. The molecule has 2 N–H and O–H groups in total. The van der Waals surface area contributed by atoms with E-state index in [1.54, 1.807) is 40.0 Å². The van der Waals surface area contributed by atoms with Gasteiger partial charge in [0, 0.05) is 52.5 Å². The Balaban J connectivity index is 2.17. The molecule has 0 aromatic heterocycles. The van der Waals surface area contributed by atoms with Gasteiger partial charge in [0.05, 0.1) is 36.3 Å². The number of hydrogen-bond acceptors (Lipinski definition) is 7. The molecule has 2 aliphatic rings. The number of Topliss-reactive ketones (excluding diaryl/α,β-unsaturated/α-hetero) is 2. The van der Waals surface area contributed by atoms with Crippen LogP contribution in [0.25, 0.3) is 0 Å². The smallest absolute Gasteiger partial charge is 0.226 e. The SMILES string of the molecule is CC[C@H](C)[C@@H]([C@@H](CC(=O)N1CCC[C@H]1[C@H](OC)[C@@H](C)C(=O)CCCC1C=CC=CC=C1)OC)N(C)C(=O)[C@@H](CC(=O)C(C)(C)N)C(C)C. The zero-order chi connectivity index (χ0) is 36.2. The van der Waals surface area contributed by atoms with Crippen molar-refractivity contribution in [3.63, 3.8) is 0 Å². The molecular formula is C39H65N3O6. The van der Waals surface area contributed by atoms with E-state index >= 15 is 0 Å². The molecule has 48 heavy (non-hydrogen) atoms. The lowest BCUT2D eigenvalue weighted by atomic mass is 9.83. The number of hydrogen-bond donors (Lipinski definition) is 1. The number of allylic oxidation sites excluding steroid dienone is 6. The summed E-state index contributed by atoms with van der Waals surface area (Å²) in [6.07, 6.45) is 16.2. The second-order valence-corrected chi connectivity index (χ2v) is 15.0. The molecule has 2 rings (SSSR count). The molecule has 1 aliphatic carbocycles. The predicted octanol–water partition coefficient (Wildman–Crippen LogP) is 5.91. The van der Waals surface area contributed by atoms with Crippen molar-refractivity contribution in [3.8, 4) is 0 Å². The maximum Gasteiger partial charge on any atom is 0.226 e. The average molecular weight is 672 g/mol. The summed E-state index contributed by atoms with van der Waals surface area (Å²) < 4.78 is 11.9. The Morgan fingerprint density at radius 1 is 0.979 bits per heavy atom. The number of likely N-dealkylation sites (N-methyl/N-ethyl adjacent to an activating group) is 1. The Morgan fingerprint density at radius 2 is 1.60 bits per heavy atom. The highest BCUT2D eigenvalue weighted by molar-refractivity contribution is 5.92. The zero-order valence-electron chi connectivity index (χ0n) is 31.4. The van der Waals surface area contributed by atoms with Gasteiger partial charge in [-0.25, -0.2) is 0 Å². The third-order valence-corrected chi connectivity index (χ3v) is 10.6. The second-order valence-electron chi connectivity index (χ2n) is 15.0. The number of ketones is 2. The van der Waals surface area contributed by atoms with Crippen molar-refractivity contribution in [1.29, 1.82) is 0 Å². The van der Waals surface area contributed by atoms with E-state index < -0.39 is 23.7 Å². The van der Waals surface area contributed by atoms with E-state index in [0.29, 0.717) is 18.9 Å². The Bertz CT molecular complexity index is 1140. The van der Waals surface area contributed by atoms with Gasteiger partial charge < -0.3 is 25.0 Å². The summed E-state index contributed by atoms with van der Waals surface area (Å²) in [5.74, 6) is -0.815. The van der Waals surface area contributed by atoms with E-state index in [1.807, 2.05) is 50.0 Å². The molecule has 0 radical (unpaired) electrons. The molecule has 0 bridgehead atoms. The lowest BCUT2D eigenvalue weighted by Crippen LogP contribution is -2.54. The maximum absolute atomic E-state index is 14.0. The Hall–Kier alpha value is -2.62. The van der Waals surface area contributed by atoms with E-state index in [0.717, 1.165) is 32.1 Å². The summed E-state index contributed by atoms with van der Waals surface area (Å²) in [5, 5.41) is 0. The van der Waals surface area contributed by atoms with Crippen LogP contribution >= 0.6 is 0 Å². The minimum Gasteiger partial charge on any atom is -0.379 e. The van der Waals surface area contributed by atoms with Gasteiger partial charge in [-0.2, -0.15) is 0 Å². The highest BCUT2D eigenvalue weighted by Crippen LogP contribution is 2.31. The van der Waals surface area contributed by atoms with Gasteiger partial charge in [-0.15, -0.1) is 0 Å². The fraction of sp³-hybridized carbons (Fsp3) is 0.744. The fourth-order valence-corrected chi connectivity index (χ4v) is 7.21. The molecule has 272 valence electrons. The van der Waals surface area contributed by atoms with Gasteiger partial charge in [0.1, 0.15) is 5.78 Å². The number of methoxy groups -OCH3 is 2. The number of ether oxygens (including phenoxy) is 2. The van der Waals surface area contributed by atoms with Crippen LogP contribution in [0.2, 0.25) is 0 Å². The summed E-state index contributed by atoms with van der Waals surface area (Å²) in [7, 11) is 4.97. The van der Waals surface area contributed by atoms with Crippen molar-refractivity contribution in [2.24, 2.45) is 35.3 Å². The van der Waals surface area contributed by atoms with Crippen LogP contribution in [0.5, 0.6) is 0 Å². The van der Waals surface area contributed by atoms with Crippen LogP contribution in [0.15, 0.2) is 36.5 Å². The molecule has 2 amide bonds. The first-order valence-electron chi connectivity index (χ1n) is 18.1. The molecule has 1 aliphatic heterocycles. The van der Waals surface area contributed by atoms with Crippen LogP contribution in [0.4, 0.5) is 0 Å². The lowest BCUT2D eigenvalue weighted by molar-refractivity contribution is -0.149. The molecule has 0 aromatic rings. The van der Waals surface area contributed by atoms with Crippen LogP contribution in [-0.4, -0.2) is 90.8 Å². The molecule has 0 saturated carbocycles. The number of nitrogens with two attached hydrogens (primary N) is 1. The van der Waals surface area contributed by atoms with Gasteiger partial charge in [0.2, 0.25) is 11.8 Å². The third-order valence-electron chi connectivity index (χ3n) is 10.6. The van der Waals surface area contributed by atoms with E-state index in [1.165, 1.54) is 0 Å². The van der Waals surface area contributed by atoms with Gasteiger partial charge >= 0.3 is 0 Å². The monoisotopic (exact) mass is 671 g/mol. The highest BCUT2D eigenvalue weighted by Gasteiger charge is 2.43.